The zero-order valence-corrected chi connectivity index (χ0v) is 24.6. The van der Waals surface area contributed by atoms with E-state index in [-0.39, 0.29) is 24.4 Å². The van der Waals surface area contributed by atoms with E-state index in [1.807, 2.05) is 12.1 Å². The van der Waals surface area contributed by atoms with Crippen molar-refractivity contribution in [2.24, 2.45) is 5.92 Å². The number of likely N-dealkylation sites (tertiary alicyclic amines) is 1. The number of hydrogen-bond donors (Lipinski definition) is 3. The van der Waals surface area contributed by atoms with E-state index in [1.54, 1.807) is 20.8 Å². The van der Waals surface area contributed by atoms with Crippen molar-refractivity contribution < 1.29 is 19.4 Å². The SMILES string of the molecule is CC(C)(C)OC(=O)NCC(O)CN1CCCC(C(=O)NC(CCCc2ccccc2)CCCc2ccccc2)C1. The molecular formula is C33H49N3O4. The van der Waals surface area contributed by atoms with Gasteiger partial charge in [-0.3, -0.25) is 9.69 Å². The number of ether oxygens (including phenoxy) is 1. The topological polar surface area (TPSA) is 90.9 Å². The lowest BCUT2D eigenvalue weighted by molar-refractivity contribution is -0.127. The van der Waals surface area contributed by atoms with E-state index in [4.69, 9.17) is 4.74 Å². The van der Waals surface area contributed by atoms with Crippen molar-refractivity contribution in [1.82, 2.24) is 15.5 Å². The quantitative estimate of drug-likeness (QED) is 0.303. The summed E-state index contributed by atoms with van der Waals surface area (Å²) in [5, 5.41) is 16.5. The molecule has 1 aliphatic rings. The number of hydrogen-bond acceptors (Lipinski definition) is 5. The van der Waals surface area contributed by atoms with Crippen LogP contribution in [0.2, 0.25) is 0 Å². The highest BCUT2D eigenvalue weighted by atomic mass is 16.6. The highest BCUT2D eigenvalue weighted by Gasteiger charge is 2.28. The van der Waals surface area contributed by atoms with Crippen molar-refractivity contribution in [2.45, 2.75) is 89.9 Å². The van der Waals surface area contributed by atoms with Crippen LogP contribution in [0.4, 0.5) is 4.79 Å². The number of piperidine rings is 1. The first-order chi connectivity index (χ1) is 19.2. The van der Waals surface area contributed by atoms with Crippen molar-refractivity contribution in [3.05, 3.63) is 71.8 Å². The molecule has 2 amide bonds. The van der Waals surface area contributed by atoms with Crippen LogP contribution in [0.1, 0.15) is 70.4 Å². The molecular weight excluding hydrogens is 502 g/mol. The Morgan fingerprint density at radius 1 is 0.975 bits per heavy atom. The number of benzene rings is 2. The zero-order valence-electron chi connectivity index (χ0n) is 24.6. The van der Waals surface area contributed by atoms with Gasteiger partial charge in [0.15, 0.2) is 0 Å². The summed E-state index contributed by atoms with van der Waals surface area (Å²) in [6.45, 7) is 7.41. The smallest absolute Gasteiger partial charge is 0.407 e. The van der Waals surface area contributed by atoms with Gasteiger partial charge >= 0.3 is 6.09 Å². The summed E-state index contributed by atoms with van der Waals surface area (Å²) >= 11 is 0. The van der Waals surface area contributed by atoms with E-state index in [1.165, 1.54) is 11.1 Å². The maximum Gasteiger partial charge on any atom is 0.407 e. The van der Waals surface area contributed by atoms with Gasteiger partial charge < -0.3 is 20.5 Å². The summed E-state index contributed by atoms with van der Waals surface area (Å²) in [5.74, 6) is 0.0287. The van der Waals surface area contributed by atoms with E-state index in [0.29, 0.717) is 13.1 Å². The third-order valence-electron chi connectivity index (χ3n) is 7.29. The normalized spacial score (nSPS) is 16.9. The maximum atomic E-state index is 13.4. The average Bonchev–Trinajstić information content (AvgIpc) is 2.92. The van der Waals surface area contributed by atoms with Crippen LogP contribution in [0.25, 0.3) is 0 Å². The predicted octanol–water partition coefficient (Wildman–Crippen LogP) is 5.11. The lowest BCUT2D eigenvalue weighted by Gasteiger charge is -2.34. The van der Waals surface area contributed by atoms with Crippen LogP contribution in [0.3, 0.4) is 0 Å². The number of nitrogens with one attached hydrogen (secondary N) is 2. The monoisotopic (exact) mass is 551 g/mol. The number of aryl methyl sites for hydroxylation is 2. The Morgan fingerprint density at radius 3 is 2.10 bits per heavy atom. The number of carbonyl (C=O) groups is 2. The molecule has 7 nitrogen and oxygen atoms in total. The largest absolute Gasteiger partial charge is 0.444 e. The fraction of sp³-hybridized carbons (Fsp3) is 0.576. The van der Waals surface area contributed by atoms with Crippen LogP contribution in [-0.2, 0) is 22.4 Å². The van der Waals surface area contributed by atoms with Crippen molar-refractivity contribution >= 4 is 12.0 Å². The van der Waals surface area contributed by atoms with Gasteiger partial charge in [0.25, 0.3) is 0 Å². The van der Waals surface area contributed by atoms with E-state index < -0.39 is 17.8 Å². The number of rotatable bonds is 14. The zero-order chi connectivity index (χ0) is 28.8. The first kappa shape index (κ1) is 31.6. The molecule has 40 heavy (non-hydrogen) atoms. The molecule has 0 spiro atoms. The fourth-order valence-corrected chi connectivity index (χ4v) is 5.32. The van der Waals surface area contributed by atoms with Crippen LogP contribution in [0.5, 0.6) is 0 Å². The molecule has 0 aliphatic carbocycles. The van der Waals surface area contributed by atoms with Gasteiger partial charge in [-0.1, -0.05) is 60.7 Å². The molecule has 0 saturated carbocycles. The predicted molar refractivity (Wildman–Crippen MR) is 160 cm³/mol. The molecule has 2 aromatic rings. The first-order valence-corrected chi connectivity index (χ1v) is 14.9. The summed E-state index contributed by atoms with van der Waals surface area (Å²) in [7, 11) is 0. The molecule has 2 atom stereocenters. The number of nitrogens with zero attached hydrogens (tertiary/aromatic N) is 1. The number of aliphatic hydroxyl groups is 1. The van der Waals surface area contributed by atoms with Gasteiger partial charge in [0.2, 0.25) is 5.91 Å². The van der Waals surface area contributed by atoms with Crippen molar-refractivity contribution in [3.8, 4) is 0 Å². The Labute approximate surface area is 240 Å². The molecule has 2 aromatic carbocycles. The molecule has 0 aromatic heterocycles. The number of β-amino-alcohol motifs (C(OH)–C–C–N with tert-alkyl or cyclic N) is 1. The summed E-state index contributed by atoms with van der Waals surface area (Å²) in [6.07, 6.45) is 6.53. The van der Waals surface area contributed by atoms with Crippen molar-refractivity contribution in [2.75, 3.05) is 26.2 Å². The molecule has 0 radical (unpaired) electrons. The number of amides is 2. The minimum atomic E-state index is -0.724. The Bertz CT molecular complexity index is 964. The van der Waals surface area contributed by atoms with Crippen molar-refractivity contribution in [1.29, 1.82) is 0 Å². The lowest BCUT2D eigenvalue weighted by atomic mass is 9.94. The molecule has 7 heteroatoms. The van der Waals surface area contributed by atoms with E-state index in [0.717, 1.165) is 57.9 Å². The lowest BCUT2D eigenvalue weighted by Crippen LogP contribution is -2.49. The molecule has 1 heterocycles. The standard InChI is InChI=1S/C33H49N3O4/c1-33(2,3)40-32(39)34-23-30(37)25-36-22-12-19-28(24-36)31(38)35-29(20-10-17-26-13-6-4-7-14-26)21-11-18-27-15-8-5-9-16-27/h4-9,13-16,28-30,37H,10-12,17-25H2,1-3H3,(H,34,39)(H,35,38). The van der Waals surface area contributed by atoms with Crippen LogP contribution >= 0.6 is 0 Å². The number of aliphatic hydroxyl groups excluding tert-OH is 1. The third kappa shape index (κ3) is 12.5. The highest BCUT2D eigenvalue weighted by molar-refractivity contribution is 5.79. The first-order valence-electron chi connectivity index (χ1n) is 14.9. The van der Waals surface area contributed by atoms with Crippen molar-refractivity contribution in [3.63, 3.8) is 0 Å². The average molecular weight is 552 g/mol. The molecule has 2 unspecified atom stereocenters. The Morgan fingerprint density at radius 2 is 1.55 bits per heavy atom. The minimum absolute atomic E-state index is 0.0921. The van der Waals surface area contributed by atoms with Crippen LogP contribution in [0, 0.1) is 5.92 Å². The van der Waals surface area contributed by atoms with Gasteiger partial charge in [0.1, 0.15) is 5.60 Å². The summed E-state index contributed by atoms with van der Waals surface area (Å²) < 4.78 is 5.24. The van der Waals surface area contributed by atoms with Gasteiger partial charge in [0.05, 0.1) is 12.0 Å². The van der Waals surface area contributed by atoms with Gasteiger partial charge in [-0.15, -0.1) is 0 Å². The number of carbonyl (C=O) groups excluding carboxylic acids is 2. The maximum absolute atomic E-state index is 13.4. The second-order valence-corrected chi connectivity index (χ2v) is 12.1. The van der Waals surface area contributed by atoms with Crippen LogP contribution in [-0.4, -0.2) is 65.9 Å². The second kappa shape index (κ2) is 16.4. The fourth-order valence-electron chi connectivity index (χ4n) is 5.32. The second-order valence-electron chi connectivity index (χ2n) is 12.1. The van der Waals surface area contributed by atoms with Gasteiger partial charge in [-0.25, -0.2) is 4.79 Å². The Balaban J connectivity index is 1.47. The van der Waals surface area contributed by atoms with Gasteiger partial charge in [0, 0.05) is 25.7 Å². The van der Waals surface area contributed by atoms with Gasteiger partial charge in [-0.2, -0.15) is 0 Å². The molecule has 3 rings (SSSR count). The van der Waals surface area contributed by atoms with E-state index >= 15 is 0 Å². The van der Waals surface area contributed by atoms with Crippen LogP contribution < -0.4 is 10.6 Å². The molecule has 0 bridgehead atoms. The summed E-state index contributed by atoms with van der Waals surface area (Å²) in [5.41, 5.74) is 2.09. The van der Waals surface area contributed by atoms with E-state index in [9.17, 15) is 14.7 Å². The van der Waals surface area contributed by atoms with Gasteiger partial charge in [-0.05, 0) is 89.8 Å². The highest BCUT2D eigenvalue weighted by Crippen LogP contribution is 2.19. The Kier molecular flexibility index (Phi) is 13.0. The van der Waals surface area contributed by atoms with Crippen LogP contribution in [0.15, 0.2) is 60.7 Å². The molecule has 1 saturated heterocycles. The Hall–Kier alpha value is -2.90. The third-order valence-corrected chi connectivity index (χ3v) is 7.29. The number of alkyl carbamates (subject to hydrolysis) is 1. The molecule has 220 valence electrons. The minimum Gasteiger partial charge on any atom is -0.444 e. The van der Waals surface area contributed by atoms with E-state index in [2.05, 4.69) is 64.1 Å². The molecule has 3 N–H and O–H groups in total. The summed E-state index contributed by atoms with van der Waals surface area (Å²) in [4.78, 5) is 27.4. The molecule has 1 aliphatic heterocycles. The molecule has 1 fully saturated rings. The summed E-state index contributed by atoms with van der Waals surface area (Å²) in [6, 6.07) is 21.2.